The molecule has 0 bridgehead atoms. The van der Waals surface area contributed by atoms with Crippen LogP contribution < -0.4 is 11.1 Å². The third-order valence-corrected chi connectivity index (χ3v) is 2.89. The highest BCUT2D eigenvalue weighted by Gasteiger charge is 2.10. The monoisotopic (exact) mass is 325 g/mol. The minimum absolute atomic E-state index is 0.302. The van der Waals surface area contributed by atoms with Crippen molar-refractivity contribution in [1.29, 1.82) is 0 Å². The molecule has 1 aromatic heterocycles. The lowest BCUT2D eigenvalue weighted by molar-refractivity contribution is 0.102. The molecule has 2 rings (SSSR count). The fourth-order valence-corrected chi connectivity index (χ4v) is 1.96. The van der Waals surface area contributed by atoms with Crippen molar-refractivity contribution in [3.05, 3.63) is 51.7 Å². The van der Waals surface area contributed by atoms with E-state index in [2.05, 4.69) is 26.2 Å². The minimum Gasteiger partial charge on any atom is -0.398 e. The second-order valence-corrected chi connectivity index (χ2v) is 4.93. The molecule has 0 unspecified atom stereocenters. The van der Waals surface area contributed by atoms with E-state index in [1.54, 1.807) is 30.6 Å². The first kappa shape index (κ1) is 12.9. The molecule has 0 aliphatic rings. The Morgan fingerprint density at radius 1 is 1.33 bits per heavy atom. The highest BCUT2D eigenvalue weighted by molar-refractivity contribution is 9.10. The Balaban J connectivity index is 2.22. The lowest BCUT2D eigenvalue weighted by atomic mass is 10.1. The third-order valence-electron chi connectivity index (χ3n) is 2.22. The number of hydrogen-bond acceptors (Lipinski definition) is 3. The average molecular weight is 327 g/mol. The summed E-state index contributed by atoms with van der Waals surface area (Å²) < 4.78 is 0.782. The van der Waals surface area contributed by atoms with Gasteiger partial charge in [0.1, 0.15) is 0 Å². The van der Waals surface area contributed by atoms with E-state index in [1.807, 2.05) is 0 Å². The number of benzene rings is 1. The Bertz CT molecular complexity index is 604. The molecule has 1 amide bonds. The second-order valence-electron chi connectivity index (χ2n) is 3.58. The summed E-state index contributed by atoms with van der Waals surface area (Å²) in [6, 6.07) is 6.48. The number of hydrogen-bond donors (Lipinski definition) is 2. The van der Waals surface area contributed by atoms with Gasteiger partial charge in [0.2, 0.25) is 0 Å². The van der Waals surface area contributed by atoms with Crippen molar-refractivity contribution in [3.8, 4) is 0 Å². The van der Waals surface area contributed by atoms with Crippen LogP contribution in [0.15, 0.2) is 41.1 Å². The molecule has 0 radical (unpaired) electrons. The van der Waals surface area contributed by atoms with Crippen molar-refractivity contribution >= 4 is 44.8 Å². The van der Waals surface area contributed by atoms with Crippen LogP contribution in [-0.2, 0) is 0 Å². The van der Waals surface area contributed by atoms with Gasteiger partial charge in [0, 0.05) is 21.4 Å². The average Bonchev–Trinajstić information content (AvgIpc) is 2.28. The van der Waals surface area contributed by atoms with Gasteiger partial charge in [-0.15, -0.1) is 0 Å². The van der Waals surface area contributed by atoms with Gasteiger partial charge in [-0.3, -0.25) is 9.78 Å². The summed E-state index contributed by atoms with van der Waals surface area (Å²) in [5.74, 6) is -0.302. The summed E-state index contributed by atoms with van der Waals surface area (Å²) in [6.07, 6.45) is 3.18. The first-order valence-corrected chi connectivity index (χ1v) is 6.20. The van der Waals surface area contributed by atoms with Crippen molar-refractivity contribution in [2.75, 3.05) is 11.1 Å². The van der Waals surface area contributed by atoms with Crippen LogP contribution in [0.4, 0.5) is 11.4 Å². The lowest BCUT2D eigenvalue weighted by Crippen LogP contribution is -2.14. The Labute approximate surface area is 117 Å². The first-order valence-electron chi connectivity index (χ1n) is 5.03. The van der Waals surface area contributed by atoms with Crippen molar-refractivity contribution < 1.29 is 4.79 Å². The zero-order chi connectivity index (χ0) is 13.1. The zero-order valence-corrected chi connectivity index (χ0v) is 11.5. The van der Waals surface area contributed by atoms with E-state index in [1.165, 1.54) is 6.07 Å². The van der Waals surface area contributed by atoms with Gasteiger partial charge in [0.15, 0.2) is 0 Å². The molecule has 0 spiro atoms. The van der Waals surface area contributed by atoms with Gasteiger partial charge in [-0.2, -0.15) is 0 Å². The molecule has 0 saturated heterocycles. The fraction of sp³-hybridized carbons (Fsp3) is 0. The number of carbonyl (C=O) groups is 1. The quantitative estimate of drug-likeness (QED) is 0.832. The number of nitrogens with two attached hydrogens (primary N) is 1. The molecular formula is C12H9BrClN3O. The van der Waals surface area contributed by atoms with Gasteiger partial charge in [0.25, 0.3) is 5.91 Å². The van der Waals surface area contributed by atoms with Crippen LogP contribution in [0.1, 0.15) is 10.4 Å². The van der Waals surface area contributed by atoms with Crippen LogP contribution in [0, 0.1) is 0 Å². The van der Waals surface area contributed by atoms with Gasteiger partial charge >= 0.3 is 0 Å². The summed E-state index contributed by atoms with van der Waals surface area (Å²) in [7, 11) is 0. The number of pyridine rings is 1. The Morgan fingerprint density at radius 3 is 2.78 bits per heavy atom. The van der Waals surface area contributed by atoms with Gasteiger partial charge in [-0.1, -0.05) is 11.6 Å². The van der Waals surface area contributed by atoms with E-state index in [0.717, 1.165) is 4.47 Å². The van der Waals surface area contributed by atoms with Crippen LogP contribution in [0.3, 0.4) is 0 Å². The molecule has 3 N–H and O–H groups in total. The lowest BCUT2D eigenvalue weighted by Gasteiger charge is -2.07. The molecule has 2 aromatic rings. The van der Waals surface area contributed by atoms with Crippen molar-refractivity contribution in [2.24, 2.45) is 0 Å². The Hall–Kier alpha value is -1.59. The van der Waals surface area contributed by atoms with E-state index < -0.39 is 0 Å². The second kappa shape index (κ2) is 5.37. The number of nitrogens with one attached hydrogen (secondary N) is 1. The van der Waals surface area contributed by atoms with E-state index >= 15 is 0 Å². The molecule has 0 aliphatic carbocycles. The standard InChI is InChI=1S/C12H9BrClN3O/c13-7-3-9(6-16-5-7)17-12(18)10-2-1-8(14)4-11(10)15/h1-6H,15H2,(H,17,18). The largest absolute Gasteiger partial charge is 0.398 e. The van der Waals surface area contributed by atoms with E-state index in [-0.39, 0.29) is 5.91 Å². The Morgan fingerprint density at radius 2 is 2.11 bits per heavy atom. The van der Waals surface area contributed by atoms with Gasteiger partial charge < -0.3 is 11.1 Å². The fourth-order valence-electron chi connectivity index (χ4n) is 1.42. The van der Waals surface area contributed by atoms with E-state index in [0.29, 0.717) is 22.0 Å². The van der Waals surface area contributed by atoms with Gasteiger partial charge in [-0.25, -0.2) is 0 Å². The maximum Gasteiger partial charge on any atom is 0.257 e. The molecule has 6 heteroatoms. The maximum atomic E-state index is 12.0. The summed E-state index contributed by atoms with van der Waals surface area (Å²) in [4.78, 5) is 15.9. The predicted molar refractivity (Wildman–Crippen MR) is 75.8 cm³/mol. The van der Waals surface area contributed by atoms with Crippen LogP contribution in [-0.4, -0.2) is 10.9 Å². The first-order chi connectivity index (χ1) is 8.56. The number of carbonyl (C=O) groups excluding carboxylic acids is 1. The molecule has 18 heavy (non-hydrogen) atoms. The van der Waals surface area contributed by atoms with Crippen LogP contribution in [0.25, 0.3) is 0 Å². The van der Waals surface area contributed by atoms with Crippen LogP contribution >= 0.6 is 27.5 Å². The number of halogens is 2. The molecule has 1 aromatic carbocycles. The summed E-state index contributed by atoms with van der Waals surface area (Å²) in [5, 5.41) is 3.20. The number of nitrogen functional groups attached to an aromatic ring is 1. The van der Waals surface area contributed by atoms with Crippen molar-refractivity contribution in [3.63, 3.8) is 0 Å². The highest BCUT2D eigenvalue weighted by Crippen LogP contribution is 2.20. The number of anilines is 2. The van der Waals surface area contributed by atoms with Crippen molar-refractivity contribution in [2.45, 2.75) is 0 Å². The highest BCUT2D eigenvalue weighted by atomic mass is 79.9. The van der Waals surface area contributed by atoms with Gasteiger partial charge in [-0.05, 0) is 40.2 Å². The summed E-state index contributed by atoms with van der Waals surface area (Å²) >= 11 is 9.05. The molecule has 0 aliphatic heterocycles. The van der Waals surface area contributed by atoms with E-state index in [4.69, 9.17) is 17.3 Å². The molecule has 4 nitrogen and oxygen atoms in total. The van der Waals surface area contributed by atoms with Crippen LogP contribution in [0.2, 0.25) is 5.02 Å². The van der Waals surface area contributed by atoms with E-state index in [9.17, 15) is 4.79 Å². The zero-order valence-electron chi connectivity index (χ0n) is 9.15. The number of rotatable bonds is 2. The molecular weight excluding hydrogens is 318 g/mol. The molecule has 0 atom stereocenters. The number of amides is 1. The minimum atomic E-state index is -0.302. The molecule has 0 saturated carbocycles. The van der Waals surface area contributed by atoms with Crippen molar-refractivity contribution in [1.82, 2.24) is 4.98 Å². The number of aromatic nitrogens is 1. The third kappa shape index (κ3) is 3.00. The summed E-state index contributed by atoms with van der Waals surface area (Å²) in [6.45, 7) is 0. The Kier molecular flexibility index (Phi) is 3.84. The predicted octanol–water partition coefficient (Wildman–Crippen LogP) is 3.33. The van der Waals surface area contributed by atoms with Gasteiger partial charge in [0.05, 0.1) is 17.4 Å². The molecule has 92 valence electrons. The molecule has 1 heterocycles. The van der Waals surface area contributed by atoms with Crippen LogP contribution in [0.5, 0.6) is 0 Å². The normalized spacial score (nSPS) is 10.1. The SMILES string of the molecule is Nc1cc(Cl)ccc1C(=O)Nc1cncc(Br)c1. The topological polar surface area (TPSA) is 68.0 Å². The molecule has 0 fully saturated rings. The maximum absolute atomic E-state index is 12.0. The number of nitrogens with zero attached hydrogens (tertiary/aromatic N) is 1. The smallest absolute Gasteiger partial charge is 0.257 e. The summed E-state index contributed by atoms with van der Waals surface area (Å²) in [5.41, 5.74) is 7.03.